The van der Waals surface area contributed by atoms with Crippen molar-refractivity contribution < 1.29 is 0 Å². The SMILES string of the molecule is Cc1nnc(-c2csc(CN)n2)n1C(C)C. The van der Waals surface area contributed by atoms with Gasteiger partial charge < -0.3 is 10.3 Å². The molecule has 2 heterocycles. The Morgan fingerprint density at radius 1 is 1.44 bits per heavy atom. The van der Waals surface area contributed by atoms with Crippen molar-refractivity contribution in [2.24, 2.45) is 5.73 Å². The Kier molecular flexibility index (Phi) is 3.02. The first-order valence-corrected chi connectivity index (χ1v) is 6.07. The smallest absolute Gasteiger partial charge is 0.183 e. The standard InChI is InChI=1S/C10H15N5S/c1-6(2)15-7(3)13-14-10(15)8-5-16-9(4-11)12-8/h5-6H,4,11H2,1-3H3. The first-order valence-electron chi connectivity index (χ1n) is 5.19. The van der Waals surface area contributed by atoms with E-state index >= 15 is 0 Å². The molecule has 0 saturated heterocycles. The Bertz CT molecular complexity index is 485. The second-order valence-electron chi connectivity index (χ2n) is 3.87. The van der Waals surface area contributed by atoms with Gasteiger partial charge >= 0.3 is 0 Å². The number of rotatable bonds is 3. The lowest BCUT2D eigenvalue weighted by Gasteiger charge is -2.10. The summed E-state index contributed by atoms with van der Waals surface area (Å²) in [6.45, 7) is 6.64. The summed E-state index contributed by atoms with van der Waals surface area (Å²) in [6.07, 6.45) is 0. The van der Waals surface area contributed by atoms with Gasteiger partial charge in [0.1, 0.15) is 16.5 Å². The van der Waals surface area contributed by atoms with E-state index in [1.807, 2.05) is 12.3 Å². The van der Waals surface area contributed by atoms with Gasteiger partial charge in [-0.3, -0.25) is 0 Å². The van der Waals surface area contributed by atoms with Crippen LogP contribution in [0.5, 0.6) is 0 Å². The molecule has 0 radical (unpaired) electrons. The molecule has 2 rings (SSSR count). The molecule has 0 fully saturated rings. The molecule has 0 aliphatic carbocycles. The monoisotopic (exact) mass is 237 g/mol. The predicted octanol–water partition coefficient (Wildman–Crippen LogP) is 1.75. The Hall–Kier alpha value is -1.27. The van der Waals surface area contributed by atoms with Gasteiger partial charge in [0, 0.05) is 18.0 Å². The maximum atomic E-state index is 5.55. The van der Waals surface area contributed by atoms with Crippen LogP contribution in [0.2, 0.25) is 0 Å². The molecule has 0 saturated carbocycles. The van der Waals surface area contributed by atoms with E-state index in [4.69, 9.17) is 5.73 Å². The number of aromatic nitrogens is 4. The number of nitrogens with zero attached hydrogens (tertiary/aromatic N) is 4. The molecule has 86 valence electrons. The van der Waals surface area contributed by atoms with Gasteiger partial charge in [0.15, 0.2) is 5.82 Å². The normalized spacial score (nSPS) is 11.3. The minimum atomic E-state index is 0.327. The van der Waals surface area contributed by atoms with Gasteiger partial charge in [-0.2, -0.15) is 0 Å². The molecular formula is C10H15N5S. The highest BCUT2D eigenvalue weighted by atomic mass is 32.1. The van der Waals surface area contributed by atoms with E-state index in [2.05, 4.69) is 33.6 Å². The lowest BCUT2D eigenvalue weighted by atomic mass is 10.3. The zero-order chi connectivity index (χ0) is 11.7. The van der Waals surface area contributed by atoms with Gasteiger partial charge in [0.25, 0.3) is 0 Å². The Balaban J connectivity index is 2.47. The highest BCUT2D eigenvalue weighted by Crippen LogP contribution is 2.23. The number of aryl methyl sites for hydroxylation is 1. The van der Waals surface area contributed by atoms with Gasteiger partial charge in [0.2, 0.25) is 0 Å². The summed E-state index contributed by atoms with van der Waals surface area (Å²) in [5.41, 5.74) is 6.41. The second kappa shape index (κ2) is 4.31. The van der Waals surface area contributed by atoms with E-state index in [1.165, 1.54) is 0 Å². The van der Waals surface area contributed by atoms with Gasteiger partial charge in [0.05, 0.1) is 0 Å². The third kappa shape index (κ3) is 1.85. The Morgan fingerprint density at radius 2 is 2.19 bits per heavy atom. The average molecular weight is 237 g/mol. The highest BCUT2D eigenvalue weighted by molar-refractivity contribution is 7.09. The van der Waals surface area contributed by atoms with Crippen LogP contribution in [-0.4, -0.2) is 19.7 Å². The van der Waals surface area contributed by atoms with Crippen LogP contribution < -0.4 is 5.73 Å². The van der Waals surface area contributed by atoms with Crippen molar-refractivity contribution in [3.63, 3.8) is 0 Å². The third-order valence-electron chi connectivity index (χ3n) is 2.34. The van der Waals surface area contributed by atoms with E-state index in [0.717, 1.165) is 22.4 Å². The van der Waals surface area contributed by atoms with Crippen molar-refractivity contribution in [2.45, 2.75) is 33.4 Å². The van der Waals surface area contributed by atoms with E-state index in [9.17, 15) is 0 Å². The van der Waals surface area contributed by atoms with Crippen LogP contribution in [0.15, 0.2) is 5.38 Å². The van der Waals surface area contributed by atoms with Crippen LogP contribution in [0.1, 0.15) is 30.7 Å². The molecule has 0 amide bonds. The molecule has 0 spiro atoms. The van der Waals surface area contributed by atoms with Crippen molar-refractivity contribution in [3.05, 3.63) is 16.2 Å². The molecule has 2 aromatic rings. The van der Waals surface area contributed by atoms with Gasteiger partial charge in [-0.25, -0.2) is 4.98 Å². The quantitative estimate of drug-likeness (QED) is 0.883. The van der Waals surface area contributed by atoms with Crippen molar-refractivity contribution in [1.29, 1.82) is 0 Å². The zero-order valence-electron chi connectivity index (χ0n) is 9.64. The molecule has 0 aliphatic rings. The van der Waals surface area contributed by atoms with Crippen LogP contribution >= 0.6 is 11.3 Å². The lowest BCUT2D eigenvalue weighted by molar-refractivity contribution is 0.587. The van der Waals surface area contributed by atoms with E-state index in [0.29, 0.717) is 12.6 Å². The first kappa shape index (κ1) is 11.2. The minimum absolute atomic E-state index is 0.327. The Morgan fingerprint density at radius 3 is 2.75 bits per heavy atom. The molecule has 2 aromatic heterocycles. The fraction of sp³-hybridized carbons (Fsp3) is 0.500. The molecule has 16 heavy (non-hydrogen) atoms. The third-order valence-corrected chi connectivity index (χ3v) is 3.21. The summed E-state index contributed by atoms with van der Waals surface area (Å²) < 4.78 is 2.08. The predicted molar refractivity (Wildman–Crippen MR) is 64.1 cm³/mol. The van der Waals surface area contributed by atoms with Crippen LogP contribution in [0.3, 0.4) is 0 Å². The number of thiazole rings is 1. The molecule has 0 atom stereocenters. The van der Waals surface area contributed by atoms with Crippen molar-refractivity contribution in [3.8, 4) is 11.5 Å². The van der Waals surface area contributed by atoms with Crippen molar-refractivity contribution in [1.82, 2.24) is 19.7 Å². The maximum absolute atomic E-state index is 5.55. The van der Waals surface area contributed by atoms with Crippen molar-refractivity contribution in [2.75, 3.05) is 0 Å². The minimum Gasteiger partial charge on any atom is -0.325 e. The molecule has 6 heteroatoms. The topological polar surface area (TPSA) is 69.6 Å². The molecular weight excluding hydrogens is 222 g/mol. The van der Waals surface area contributed by atoms with Crippen molar-refractivity contribution >= 4 is 11.3 Å². The summed E-state index contributed by atoms with van der Waals surface area (Å²) >= 11 is 1.56. The van der Waals surface area contributed by atoms with E-state index < -0.39 is 0 Å². The summed E-state index contributed by atoms with van der Waals surface area (Å²) in [5, 5.41) is 11.2. The van der Waals surface area contributed by atoms with Gasteiger partial charge in [-0.05, 0) is 20.8 Å². The lowest BCUT2D eigenvalue weighted by Crippen LogP contribution is -2.05. The summed E-state index contributed by atoms with van der Waals surface area (Å²) in [4.78, 5) is 4.43. The zero-order valence-corrected chi connectivity index (χ0v) is 10.5. The van der Waals surface area contributed by atoms with Crippen LogP contribution in [0.25, 0.3) is 11.5 Å². The average Bonchev–Trinajstić information content (AvgIpc) is 2.82. The molecule has 0 unspecified atom stereocenters. The van der Waals surface area contributed by atoms with Gasteiger partial charge in [-0.15, -0.1) is 21.5 Å². The summed E-state index contributed by atoms with van der Waals surface area (Å²) in [7, 11) is 0. The number of nitrogens with two attached hydrogens (primary N) is 1. The fourth-order valence-corrected chi connectivity index (χ4v) is 2.32. The fourth-order valence-electron chi connectivity index (χ4n) is 1.67. The Labute approximate surface area is 98.3 Å². The van der Waals surface area contributed by atoms with E-state index in [-0.39, 0.29) is 0 Å². The largest absolute Gasteiger partial charge is 0.325 e. The summed E-state index contributed by atoms with van der Waals surface area (Å²) in [6, 6.07) is 0.327. The second-order valence-corrected chi connectivity index (χ2v) is 4.81. The molecule has 0 aromatic carbocycles. The van der Waals surface area contributed by atoms with E-state index in [1.54, 1.807) is 11.3 Å². The first-order chi connectivity index (χ1) is 7.63. The van der Waals surface area contributed by atoms with Gasteiger partial charge in [-0.1, -0.05) is 0 Å². The maximum Gasteiger partial charge on any atom is 0.183 e. The van der Waals surface area contributed by atoms with Crippen LogP contribution in [-0.2, 0) is 6.54 Å². The number of hydrogen-bond acceptors (Lipinski definition) is 5. The summed E-state index contributed by atoms with van der Waals surface area (Å²) in [5.74, 6) is 1.73. The molecule has 2 N–H and O–H groups in total. The molecule has 0 bridgehead atoms. The molecule has 5 nitrogen and oxygen atoms in total. The molecule has 0 aliphatic heterocycles. The highest BCUT2D eigenvalue weighted by Gasteiger charge is 2.15. The van der Waals surface area contributed by atoms with Crippen LogP contribution in [0, 0.1) is 6.92 Å². The number of hydrogen-bond donors (Lipinski definition) is 1. The van der Waals surface area contributed by atoms with Crippen LogP contribution in [0.4, 0.5) is 0 Å².